The van der Waals surface area contributed by atoms with Crippen LogP contribution >= 0.6 is 11.3 Å². The fourth-order valence-electron chi connectivity index (χ4n) is 3.47. The number of alkyl halides is 3. The monoisotopic (exact) mass is 534 g/mol. The van der Waals surface area contributed by atoms with E-state index in [4.69, 9.17) is 15.6 Å². The molecular formula is C25H25F3N4O4S. The number of piperazine rings is 1. The smallest absolute Gasteiger partial charge is 0.475 e. The Kier molecular flexibility index (Phi) is 9.25. The number of nitrogens with two attached hydrogens (primary N) is 1. The first-order valence-corrected chi connectivity index (χ1v) is 12.0. The molecule has 0 aliphatic carbocycles. The molecule has 3 aromatic rings. The minimum absolute atomic E-state index is 0.132. The Balaban J connectivity index is 0.000000479. The largest absolute Gasteiger partial charge is 0.490 e. The second-order valence-corrected chi connectivity index (χ2v) is 8.95. The van der Waals surface area contributed by atoms with Crippen LogP contribution in [0.4, 0.5) is 23.9 Å². The highest BCUT2D eigenvalue weighted by molar-refractivity contribution is 7.19. The standard InChI is InChI=1S/C23H24N4O2S.C2HF3O2/c24-19-18(23(29)27-13-11-25-12-14-27)22(26-15-16-7-3-1-4-8-16)30-21(19)20(28)17-9-5-2-6-10-17;3-2(4,5)1(6)7/h1-10,25-26H,11-15,24H2;(H,6,7). The molecule has 2 heterocycles. The second kappa shape index (κ2) is 12.4. The molecule has 0 unspecified atom stereocenters. The van der Waals surface area contributed by atoms with Crippen LogP contribution in [0.2, 0.25) is 0 Å². The summed E-state index contributed by atoms with van der Waals surface area (Å²) in [6.45, 7) is 3.28. The van der Waals surface area contributed by atoms with Crippen LogP contribution in [0.25, 0.3) is 0 Å². The van der Waals surface area contributed by atoms with Gasteiger partial charge in [0.05, 0.1) is 11.3 Å². The van der Waals surface area contributed by atoms with Crippen molar-refractivity contribution in [2.75, 3.05) is 37.2 Å². The van der Waals surface area contributed by atoms with E-state index in [-0.39, 0.29) is 17.4 Å². The number of carbonyl (C=O) groups is 3. The molecular weight excluding hydrogens is 509 g/mol. The predicted octanol–water partition coefficient (Wildman–Crippen LogP) is 3.85. The lowest BCUT2D eigenvalue weighted by molar-refractivity contribution is -0.192. The van der Waals surface area contributed by atoms with Crippen LogP contribution in [0.5, 0.6) is 0 Å². The van der Waals surface area contributed by atoms with Gasteiger partial charge in [-0.25, -0.2) is 4.79 Å². The zero-order chi connectivity index (χ0) is 27.0. The first-order valence-electron chi connectivity index (χ1n) is 11.2. The van der Waals surface area contributed by atoms with Gasteiger partial charge in [-0.05, 0) is 5.56 Å². The van der Waals surface area contributed by atoms with E-state index >= 15 is 0 Å². The molecule has 0 spiro atoms. The number of thiophene rings is 1. The number of nitrogens with zero attached hydrogens (tertiary/aromatic N) is 1. The van der Waals surface area contributed by atoms with E-state index in [0.29, 0.717) is 40.6 Å². The van der Waals surface area contributed by atoms with Crippen molar-refractivity contribution >= 4 is 39.7 Å². The van der Waals surface area contributed by atoms with E-state index in [9.17, 15) is 22.8 Å². The topological polar surface area (TPSA) is 125 Å². The molecule has 8 nitrogen and oxygen atoms in total. The van der Waals surface area contributed by atoms with Crippen LogP contribution in [0, 0.1) is 0 Å². The minimum Gasteiger partial charge on any atom is -0.475 e. The molecule has 37 heavy (non-hydrogen) atoms. The summed E-state index contributed by atoms with van der Waals surface area (Å²) in [7, 11) is 0. The lowest BCUT2D eigenvalue weighted by Crippen LogP contribution is -2.46. The zero-order valence-corrected chi connectivity index (χ0v) is 20.4. The Morgan fingerprint density at radius 2 is 1.54 bits per heavy atom. The summed E-state index contributed by atoms with van der Waals surface area (Å²) in [6.07, 6.45) is -5.08. The van der Waals surface area contributed by atoms with Gasteiger partial charge in [-0.3, -0.25) is 9.59 Å². The number of nitrogen functional groups attached to an aromatic ring is 1. The van der Waals surface area contributed by atoms with E-state index < -0.39 is 12.1 Å². The number of nitrogens with one attached hydrogen (secondary N) is 2. The molecule has 4 rings (SSSR count). The van der Waals surface area contributed by atoms with Crippen LogP contribution in [-0.4, -0.2) is 60.0 Å². The van der Waals surface area contributed by atoms with Crippen molar-refractivity contribution in [3.63, 3.8) is 0 Å². The SMILES string of the molecule is Nc1c(C(=O)c2ccccc2)sc(NCc2ccccc2)c1C(=O)N1CCNCC1.O=C(O)C(F)(F)F. The third-order valence-electron chi connectivity index (χ3n) is 5.34. The summed E-state index contributed by atoms with van der Waals surface area (Å²) < 4.78 is 31.7. The maximum Gasteiger partial charge on any atom is 0.490 e. The average Bonchev–Trinajstić information content (AvgIpc) is 3.23. The van der Waals surface area contributed by atoms with Crippen molar-refractivity contribution in [3.8, 4) is 0 Å². The maximum absolute atomic E-state index is 13.3. The molecule has 12 heteroatoms. The number of ketones is 1. The highest BCUT2D eigenvalue weighted by Gasteiger charge is 2.38. The molecule has 1 aromatic heterocycles. The van der Waals surface area contributed by atoms with E-state index in [1.54, 1.807) is 17.0 Å². The number of carbonyl (C=O) groups excluding carboxylic acids is 2. The third-order valence-corrected chi connectivity index (χ3v) is 6.51. The van der Waals surface area contributed by atoms with Crippen LogP contribution in [-0.2, 0) is 11.3 Å². The van der Waals surface area contributed by atoms with E-state index in [1.165, 1.54) is 11.3 Å². The summed E-state index contributed by atoms with van der Waals surface area (Å²) in [5.41, 5.74) is 8.70. The molecule has 1 amide bonds. The normalized spacial score (nSPS) is 13.3. The Labute approximate surface area is 214 Å². The molecule has 1 aliphatic rings. The lowest BCUT2D eigenvalue weighted by Gasteiger charge is -2.27. The lowest BCUT2D eigenvalue weighted by atomic mass is 10.1. The van der Waals surface area contributed by atoms with Crippen LogP contribution in [0.15, 0.2) is 60.7 Å². The van der Waals surface area contributed by atoms with Crippen molar-refractivity contribution in [1.29, 1.82) is 0 Å². The minimum atomic E-state index is -5.08. The Hall–Kier alpha value is -3.90. The van der Waals surface area contributed by atoms with Crippen molar-refractivity contribution in [2.45, 2.75) is 12.7 Å². The number of benzene rings is 2. The Bertz CT molecular complexity index is 1230. The number of rotatable bonds is 6. The van der Waals surface area contributed by atoms with Crippen molar-refractivity contribution in [3.05, 3.63) is 82.2 Å². The predicted molar refractivity (Wildman–Crippen MR) is 135 cm³/mol. The maximum atomic E-state index is 13.3. The first kappa shape index (κ1) is 27.7. The average molecular weight is 535 g/mol. The van der Waals surface area contributed by atoms with E-state index in [2.05, 4.69) is 10.6 Å². The van der Waals surface area contributed by atoms with E-state index in [1.807, 2.05) is 48.5 Å². The van der Waals surface area contributed by atoms with Crippen LogP contribution in [0.3, 0.4) is 0 Å². The molecule has 2 aromatic carbocycles. The van der Waals surface area contributed by atoms with Gasteiger partial charge in [0.25, 0.3) is 5.91 Å². The number of amides is 1. The highest BCUT2D eigenvalue weighted by atomic mass is 32.1. The number of carboxylic acid groups (broad SMARTS) is 1. The van der Waals surface area contributed by atoms with Crippen molar-refractivity contribution in [1.82, 2.24) is 10.2 Å². The molecule has 5 N–H and O–H groups in total. The summed E-state index contributed by atoms with van der Waals surface area (Å²) in [6, 6.07) is 18.9. The molecule has 0 saturated carbocycles. The summed E-state index contributed by atoms with van der Waals surface area (Å²) in [5, 5.41) is 14.4. The highest BCUT2D eigenvalue weighted by Crippen LogP contribution is 2.38. The van der Waals surface area contributed by atoms with Crippen LogP contribution < -0.4 is 16.4 Å². The molecule has 196 valence electrons. The number of hydrogen-bond acceptors (Lipinski definition) is 7. The van der Waals surface area contributed by atoms with Gasteiger partial charge < -0.3 is 26.4 Å². The second-order valence-electron chi connectivity index (χ2n) is 7.93. The number of hydrogen-bond donors (Lipinski definition) is 4. The fraction of sp³-hybridized carbons (Fsp3) is 0.240. The van der Waals surface area contributed by atoms with E-state index in [0.717, 1.165) is 18.7 Å². The number of aliphatic carboxylic acids is 1. The molecule has 1 aliphatic heterocycles. The Morgan fingerprint density at radius 1 is 1.00 bits per heavy atom. The number of carboxylic acids is 1. The molecule has 1 fully saturated rings. The van der Waals surface area contributed by atoms with Gasteiger partial charge in [0.15, 0.2) is 0 Å². The summed E-state index contributed by atoms with van der Waals surface area (Å²) in [5.74, 6) is -3.05. The Morgan fingerprint density at radius 3 is 2.08 bits per heavy atom. The van der Waals surface area contributed by atoms with Gasteiger partial charge in [-0.15, -0.1) is 11.3 Å². The molecule has 0 bridgehead atoms. The van der Waals surface area contributed by atoms with Crippen molar-refractivity contribution in [2.24, 2.45) is 0 Å². The first-order chi connectivity index (χ1) is 17.6. The summed E-state index contributed by atoms with van der Waals surface area (Å²) in [4.78, 5) is 37.5. The zero-order valence-electron chi connectivity index (χ0n) is 19.5. The number of halogens is 3. The fourth-order valence-corrected chi connectivity index (χ4v) is 4.54. The third kappa shape index (κ3) is 7.30. The van der Waals surface area contributed by atoms with Gasteiger partial charge in [0, 0.05) is 38.3 Å². The number of anilines is 2. The summed E-state index contributed by atoms with van der Waals surface area (Å²) >= 11 is 1.25. The van der Waals surface area contributed by atoms with Gasteiger partial charge in [-0.1, -0.05) is 60.7 Å². The quantitative estimate of drug-likeness (QED) is 0.354. The van der Waals surface area contributed by atoms with Gasteiger partial charge in [0.2, 0.25) is 5.78 Å². The van der Waals surface area contributed by atoms with Gasteiger partial charge in [0.1, 0.15) is 9.88 Å². The molecule has 1 saturated heterocycles. The molecule has 0 radical (unpaired) electrons. The molecule has 0 atom stereocenters. The van der Waals surface area contributed by atoms with Crippen LogP contribution in [0.1, 0.15) is 31.2 Å². The van der Waals surface area contributed by atoms with Gasteiger partial charge >= 0.3 is 12.1 Å². The van der Waals surface area contributed by atoms with Crippen molar-refractivity contribution < 1.29 is 32.7 Å². The van der Waals surface area contributed by atoms with Gasteiger partial charge in [-0.2, -0.15) is 13.2 Å².